The molecule has 1 amide bonds. The second-order valence-corrected chi connectivity index (χ2v) is 7.91. The molecule has 2 aromatic heterocycles. The highest BCUT2D eigenvalue weighted by molar-refractivity contribution is 6.28. The van der Waals surface area contributed by atoms with Gasteiger partial charge in [-0.15, -0.1) is 0 Å². The number of fused-ring (bicyclic) bond motifs is 1. The maximum atomic E-state index is 12.1. The first-order valence-corrected chi connectivity index (χ1v) is 11.1. The van der Waals surface area contributed by atoms with Crippen LogP contribution in [-0.4, -0.2) is 32.2 Å². The zero-order chi connectivity index (χ0) is 23.9. The SMILES string of the molecule is N#Cc1ccc(-c2cccc(CNC(=O)OCCCCn3cnc4c(N)nc(Cl)nc43)c2)cc1. The summed E-state index contributed by atoms with van der Waals surface area (Å²) in [5, 5.41) is 11.8. The summed E-state index contributed by atoms with van der Waals surface area (Å²) in [6.45, 7) is 1.28. The van der Waals surface area contributed by atoms with Gasteiger partial charge in [-0.3, -0.25) is 0 Å². The third kappa shape index (κ3) is 5.60. The van der Waals surface area contributed by atoms with Crippen molar-refractivity contribution in [2.75, 3.05) is 12.3 Å². The molecule has 4 aromatic rings. The number of aryl methyl sites for hydroxylation is 1. The van der Waals surface area contributed by atoms with E-state index in [0.717, 1.165) is 23.1 Å². The van der Waals surface area contributed by atoms with Gasteiger partial charge in [0.25, 0.3) is 0 Å². The van der Waals surface area contributed by atoms with Gasteiger partial charge in [0, 0.05) is 13.1 Å². The van der Waals surface area contributed by atoms with Crippen molar-refractivity contribution in [3.8, 4) is 17.2 Å². The van der Waals surface area contributed by atoms with Crippen LogP contribution >= 0.6 is 11.6 Å². The molecule has 0 fully saturated rings. The molecule has 10 heteroatoms. The van der Waals surface area contributed by atoms with Crippen LogP contribution in [0.2, 0.25) is 5.28 Å². The van der Waals surface area contributed by atoms with E-state index in [0.29, 0.717) is 42.8 Å². The largest absolute Gasteiger partial charge is 0.450 e. The molecule has 3 N–H and O–H groups in total. The number of amides is 1. The maximum Gasteiger partial charge on any atom is 0.407 e. The molecule has 0 unspecified atom stereocenters. The number of ether oxygens (including phenoxy) is 1. The molecule has 0 aliphatic heterocycles. The van der Waals surface area contributed by atoms with Crippen molar-refractivity contribution in [2.45, 2.75) is 25.9 Å². The highest BCUT2D eigenvalue weighted by Gasteiger charge is 2.10. The zero-order valence-corrected chi connectivity index (χ0v) is 19.0. The van der Waals surface area contributed by atoms with Gasteiger partial charge in [0.15, 0.2) is 11.5 Å². The Morgan fingerprint density at radius 3 is 2.76 bits per heavy atom. The first kappa shape index (κ1) is 23.0. The van der Waals surface area contributed by atoms with Crippen molar-refractivity contribution in [1.29, 1.82) is 5.26 Å². The van der Waals surface area contributed by atoms with Crippen LogP contribution in [0.25, 0.3) is 22.3 Å². The minimum Gasteiger partial charge on any atom is -0.450 e. The number of hydrogen-bond acceptors (Lipinski definition) is 7. The summed E-state index contributed by atoms with van der Waals surface area (Å²) >= 11 is 5.88. The third-order valence-electron chi connectivity index (χ3n) is 5.20. The standard InChI is InChI=1S/C24H22ClN7O2/c25-23-30-21(27)20-22(31-23)32(15-29-20)10-1-2-11-34-24(33)28-14-17-4-3-5-19(12-17)18-8-6-16(13-26)7-9-18/h3-9,12,15H,1-2,10-11,14H2,(H,28,33)(H2,27,30,31). The van der Waals surface area contributed by atoms with Crippen LogP contribution in [-0.2, 0) is 17.8 Å². The fraction of sp³-hybridized carbons (Fsp3) is 0.208. The second-order valence-electron chi connectivity index (χ2n) is 7.57. The number of alkyl carbamates (subject to hydrolysis) is 1. The van der Waals surface area contributed by atoms with E-state index in [9.17, 15) is 4.79 Å². The van der Waals surface area contributed by atoms with Crippen molar-refractivity contribution in [1.82, 2.24) is 24.8 Å². The van der Waals surface area contributed by atoms with Gasteiger partial charge in [0.2, 0.25) is 5.28 Å². The smallest absolute Gasteiger partial charge is 0.407 e. The van der Waals surface area contributed by atoms with E-state index >= 15 is 0 Å². The average molecular weight is 476 g/mol. The zero-order valence-electron chi connectivity index (χ0n) is 18.2. The number of carbonyl (C=O) groups excluding carboxylic acids is 1. The summed E-state index contributed by atoms with van der Waals surface area (Å²) < 4.78 is 7.12. The number of nitriles is 1. The van der Waals surface area contributed by atoms with Gasteiger partial charge in [-0.05, 0) is 59.3 Å². The van der Waals surface area contributed by atoms with E-state index in [-0.39, 0.29) is 11.1 Å². The first-order valence-electron chi connectivity index (χ1n) is 10.7. The van der Waals surface area contributed by atoms with Gasteiger partial charge >= 0.3 is 6.09 Å². The number of aromatic nitrogens is 4. The first-order chi connectivity index (χ1) is 16.5. The van der Waals surface area contributed by atoms with Gasteiger partial charge in [-0.25, -0.2) is 9.78 Å². The molecular formula is C24H22ClN7O2. The van der Waals surface area contributed by atoms with Crippen molar-refractivity contribution >= 4 is 34.7 Å². The monoisotopic (exact) mass is 475 g/mol. The van der Waals surface area contributed by atoms with Gasteiger partial charge in [0.05, 0.1) is 24.6 Å². The van der Waals surface area contributed by atoms with Crippen LogP contribution in [0.1, 0.15) is 24.0 Å². The Kier molecular flexibility index (Phi) is 7.20. The van der Waals surface area contributed by atoms with E-state index in [2.05, 4.69) is 26.3 Å². The average Bonchev–Trinajstić information content (AvgIpc) is 3.26. The highest BCUT2D eigenvalue weighted by Crippen LogP contribution is 2.21. The molecule has 0 aliphatic rings. The molecule has 0 saturated heterocycles. The molecular weight excluding hydrogens is 454 g/mol. The topological polar surface area (TPSA) is 132 Å². The van der Waals surface area contributed by atoms with Crippen LogP contribution in [0.4, 0.5) is 10.6 Å². The number of rotatable bonds is 8. The summed E-state index contributed by atoms with van der Waals surface area (Å²) in [6.07, 6.45) is 2.61. The van der Waals surface area contributed by atoms with Gasteiger partial charge in [-0.2, -0.15) is 15.2 Å². The Morgan fingerprint density at radius 1 is 1.15 bits per heavy atom. The summed E-state index contributed by atoms with van der Waals surface area (Å²) in [6, 6.07) is 17.3. The molecule has 2 heterocycles. The van der Waals surface area contributed by atoms with E-state index < -0.39 is 6.09 Å². The van der Waals surface area contributed by atoms with Gasteiger partial charge in [0.1, 0.15) is 5.52 Å². The van der Waals surface area contributed by atoms with E-state index in [1.165, 1.54) is 0 Å². The molecule has 4 rings (SSSR count). The lowest BCUT2D eigenvalue weighted by Crippen LogP contribution is -2.24. The number of imidazole rings is 1. The molecule has 0 radical (unpaired) electrons. The number of halogens is 1. The summed E-state index contributed by atoms with van der Waals surface area (Å²) in [5.41, 5.74) is 10.5. The molecule has 0 bridgehead atoms. The highest BCUT2D eigenvalue weighted by atomic mass is 35.5. The van der Waals surface area contributed by atoms with E-state index in [4.69, 9.17) is 27.3 Å². The number of hydrogen-bond donors (Lipinski definition) is 2. The number of benzene rings is 2. The quantitative estimate of drug-likeness (QED) is 0.286. The lowest BCUT2D eigenvalue weighted by molar-refractivity contribution is 0.143. The van der Waals surface area contributed by atoms with E-state index in [1.807, 2.05) is 41.0 Å². The summed E-state index contributed by atoms with van der Waals surface area (Å²) in [7, 11) is 0. The van der Waals surface area contributed by atoms with Gasteiger partial charge < -0.3 is 20.4 Å². The van der Waals surface area contributed by atoms with Crippen LogP contribution in [0.3, 0.4) is 0 Å². The number of unbranched alkanes of at least 4 members (excludes halogenated alkanes) is 1. The minimum absolute atomic E-state index is 0.0780. The predicted octanol–water partition coefficient (Wildman–Crippen LogP) is 4.31. The summed E-state index contributed by atoms with van der Waals surface area (Å²) in [5.74, 6) is 0.246. The molecule has 0 spiro atoms. The number of carbonyl (C=O) groups is 1. The number of nitrogens with one attached hydrogen (secondary N) is 1. The Balaban J connectivity index is 1.20. The molecule has 0 atom stereocenters. The Hall–Kier alpha value is -4.16. The van der Waals surface area contributed by atoms with Crippen LogP contribution < -0.4 is 11.1 Å². The molecule has 9 nitrogen and oxygen atoms in total. The number of nitrogens with zero attached hydrogens (tertiary/aromatic N) is 5. The maximum absolute atomic E-state index is 12.1. The van der Waals surface area contributed by atoms with E-state index in [1.54, 1.807) is 18.5 Å². The fourth-order valence-electron chi connectivity index (χ4n) is 3.47. The molecule has 2 aromatic carbocycles. The summed E-state index contributed by atoms with van der Waals surface area (Å²) in [4.78, 5) is 24.3. The lowest BCUT2D eigenvalue weighted by atomic mass is 10.0. The van der Waals surface area contributed by atoms with Gasteiger partial charge in [-0.1, -0.05) is 30.3 Å². The molecule has 0 aliphatic carbocycles. The lowest BCUT2D eigenvalue weighted by Gasteiger charge is -2.09. The second kappa shape index (κ2) is 10.6. The third-order valence-corrected chi connectivity index (χ3v) is 5.37. The normalized spacial score (nSPS) is 10.7. The number of nitrogen functional groups attached to an aromatic ring is 1. The Morgan fingerprint density at radius 2 is 1.97 bits per heavy atom. The Bertz CT molecular complexity index is 1350. The van der Waals surface area contributed by atoms with Crippen LogP contribution in [0.5, 0.6) is 0 Å². The number of anilines is 1. The number of nitrogens with two attached hydrogens (primary N) is 1. The predicted molar refractivity (Wildman–Crippen MR) is 129 cm³/mol. The van der Waals surface area contributed by atoms with Crippen LogP contribution in [0.15, 0.2) is 54.9 Å². The van der Waals surface area contributed by atoms with Crippen LogP contribution in [0, 0.1) is 11.3 Å². The molecule has 0 saturated carbocycles. The molecule has 172 valence electrons. The Labute approximate surface area is 201 Å². The molecule has 34 heavy (non-hydrogen) atoms. The fourth-order valence-corrected chi connectivity index (χ4v) is 3.65. The van der Waals surface area contributed by atoms with Crippen molar-refractivity contribution < 1.29 is 9.53 Å². The minimum atomic E-state index is -0.468. The van der Waals surface area contributed by atoms with Crippen molar-refractivity contribution in [3.63, 3.8) is 0 Å². The van der Waals surface area contributed by atoms with Crippen molar-refractivity contribution in [2.24, 2.45) is 0 Å². The van der Waals surface area contributed by atoms with Crippen molar-refractivity contribution in [3.05, 3.63) is 71.3 Å².